The molecule has 0 rings (SSSR count). The minimum atomic E-state index is 0.437. The predicted octanol–water partition coefficient (Wildman–Crippen LogP) is 28.0. The molecule has 0 aromatic heterocycles. The SMILES string of the molecule is CC(C)(C)C(C)(C)C.CC(C)C(C)(C)C.CC(C)C(C)(C)C.CCC(C)(C)CC.CCC(C)(C)CC.CCC(C)C(C)C.CCC(C)C(C)C.CCCC(C)(C)C.CCCC(C)CC.CCCC(C)CC. The smallest absolute Gasteiger partial charge is 0.0334 e. The van der Waals surface area contributed by atoms with Crippen molar-refractivity contribution in [1.82, 2.24) is 0 Å². The average Bonchev–Trinajstić information content (AvgIpc) is 3.23. The van der Waals surface area contributed by atoms with Gasteiger partial charge in [-0.05, 0) is 91.7 Å². The Morgan fingerprint density at radius 1 is 0.282 bits per heavy atom. The molecule has 0 bridgehead atoms. The molecule has 0 heteroatoms. The summed E-state index contributed by atoms with van der Waals surface area (Å²) in [5.74, 6) is 7.03. The Bertz CT molecular complexity index is 857. The molecule has 0 N–H and O–H groups in total. The van der Waals surface area contributed by atoms with E-state index in [4.69, 9.17) is 0 Å². The van der Waals surface area contributed by atoms with Crippen LogP contribution in [0.1, 0.15) is 381 Å². The molecule has 0 amide bonds. The fourth-order valence-corrected chi connectivity index (χ4v) is 3.59. The van der Waals surface area contributed by atoms with Crippen molar-refractivity contribution in [3.63, 3.8) is 0 Å². The maximum absolute atomic E-state index is 2.31. The first-order chi connectivity index (χ1) is 31.4. The van der Waals surface area contributed by atoms with E-state index in [1.807, 2.05) is 0 Å². The zero-order chi connectivity index (χ0) is 60.0. The monoisotopic (exact) mass is 1020 g/mol. The van der Waals surface area contributed by atoms with Gasteiger partial charge in [0.05, 0.1) is 0 Å². The van der Waals surface area contributed by atoms with Crippen molar-refractivity contribution < 1.29 is 0 Å². The second-order valence-electron chi connectivity index (χ2n) is 30.5. The van der Waals surface area contributed by atoms with Gasteiger partial charge < -0.3 is 0 Å². The van der Waals surface area contributed by atoms with E-state index in [0.29, 0.717) is 37.9 Å². The van der Waals surface area contributed by atoms with Gasteiger partial charge in [-0.15, -0.1) is 0 Å². The van der Waals surface area contributed by atoms with Gasteiger partial charge in [0, 0.05) is 0 Å². The molecule has 0 aromatic rings. The first-order valence-electron chi connectivity index (χ1n) is 31.4. The molecule has 0 aliphatic heterocycles. The maximum atomic E-state index is 2.31. The molecule has 4 unspecified atom stereocenters. The summed E-state index contributed by atoms with van der Waals surface area (Å²) in [6.45, 7) is 95.2. The van der Waals surface area contributed by atoms with E-state index in [0.717, 1.165) is 47.3 Å². The van der Waals surface area contributed by atoms with Crippen LogP contribution in [0.2, 0.25) is 0 Å². The topological polar surface area (TPSA) is 0 Å². The van der Waals surface area contributed by atoms with Crippen LogP contribution in [0.3, 0.4) is 0 Å². The first-order valence-corrected chi connectivity index (χ1v) is 31.4. The van der Waals surface area contributed by atoms with Crippen LogP contribution in [0.5, 0.6) is 0 Å². The van der Waals surface area contributed by atoms with Crippen molar-refractivity contribution in [2.75, 3.05) is 0 Å². The van der Waals surface area contributed by atoms with Crippen LogP contribution < -0.4 is 0 Å². The van der Waals surface area contributed by atoms with Gasteiger partial charge in [-0.1, -0.05) is 374 Å². The minimum Gasteiger partial charge on any atom is -0.0654 e. The number of rotatable bonds is 15. The van der Waals surface area contributed by atoms with E-state index in [1.54, 1.807) is 0 Å². The van der Waals surface area contributed by atoms with E-state index in [9.17, 15) is 0 Å². The van der Waals surface area contributed by atoms with Crippen molar-refractivity contribution in [2.24, 2.45) is 85.2 Å². The van der Waals surface area contributed by atoms with Crippen LogP contribution in [0.25, 0.3) is 0 Å². The van der Waals surface area contributed by atoms with Gasteiger partial charge in [0.2, 0.25) is 0 Å². The lowest BCUT2D eigenvalue weighted by molar-refractivity contribution is 0.157. The lowest BCUT2D eigenvalue weighted by atomic mass is 9.71. The van der Waals surface area contributed by atoms with Crippen LogP contribution >= 0.6 is 0 Å². The van der Waals surface area contributed by atoms with E-state index < -0.39 is 0 Å². The summed E-state index contributed by atoms with van der Waals surface area (Å²) < 4.78 is 0. The fraction of sp³-hybridized carbons (Fsp3) is 1.00. The van der Waals surface area contributed by atoms with E-state index >= 15 is 0 Å². The second-order valence-corrected chi connectivity index (χ2v) is 30.5. The minimum absolute atomic E-state index is 0.437. The molecule has 0 fully saturated rings. The highest BCUT2D eigenvalue weighted by Crippen LogP contribution is 2.36. The first kappa shape index (κ1) is 93.5. The molecular formula is C71H162. The van der Waals surface area contributed by atoms with Crippen molar-refractivity contribution in [2.45, 2.75) is 381 Å². The molecule has 0 aromatic carbocycles. The fourth-order valence-electron chi connectivity index (χ4n) is 3.59. The summed E-state index contributed by atoms with van der Waals surface area (Å²) in [5.41, 5.74) is 3.59. The summed E-state index contributed by atoms with van der Waals surface area (Å²) in [4.78, 5) is 0. The van der Waals surface area contributed by atoms with Crippen LogP contribution in [0.15, 0.2) is 0 Å². The summed E-state index contributed by atoms with van der Waals surface area (Å²) >= 11 is 0. The zero-order valence-corrected chi connectivity index (χ0v) is 60.0. The maximum Gasteiger partial charge on any atom is -0.0334 e. The van der Waals surface area contributed by atoms with Crippen LogP contribution in [0.4, 0.5) is 0 Å². The zero-order valence-electron chi connectivity index (χ0n) is 60.0. The van der Waals surface area contributed by atoms with Crippen molar-refractivity contribution >= 4 is 0 Å². The summed E-state index contributed by atoms with van der Waals surface area (Å²) in [6, 6.07) is 0. The molecule has 0 aliphatic rings. The summed E-state index contributed by atoms with van der Waals surface area (Å²) in [7, 11) is 0. The third-order valence-electron chi connectivity index (χ3n) is 17.1. The van der Waals surface area contributed by atoms with Crippen LogP contribution in [-0.4, -0.2) is 0 Å². The normalized spacial score (nSPS) is 13.4. The Hall–Kier alpha value is 0. The standard InChI is InChI=1S/C8H18.9C7H16/c1-7(2,3)8(4,5)6;2*1-6(2)7(3,4)5;1-5-6-7(2,3)4;2*1-5-7(3,4)6-2;2*1-5-7(4)6(2)3;2*1-4-6-7(3)5-2/h1-6H3;2*6H,1-5H3;3*5-6H2,1-4H3;2*6-7H,5H2,1-4H3;2*7H,4-6H2,1-3H3. The Balaban J connectivity index is -0.0000000728. The van der Waals surface area contributed by atoms with Gasteiger partial charge in [0.15, 0.2) is 0 Å². The highest BCUT2D eigenvalue weighted by atomic mass is 14.3. The Kier molecular flexibility index (Phi) is 68.6. The van der Waals surface area contributed by atoms with Gasteiger partial charge >= 0.3 is 0 Å². The highest BCUT2D eigenvalue weighted by Gasteiger charge is 2.27. The summed E-state index contributed by atoms with van der Waals surface area (Å²) in [6.07, 6.45) is 18.6. The molecule has 0 nitrogen and oxygen atoms in total. The highest BCUT2D eigenvalue weighted by molar-refractivity contribution is 4.77. The van der Waals surface area contributed by atoms with Crippen LogP contribution in [-0.2, 0) is 0 Å². The molecule has 4 atom stereocenters. The third-order valence-corrected chi connectivity index (χ3v) is 17.1. The second kappa shape index (κ2) is 52.1. The van der Waals surface area contributed by atoms with Crippen molar-refractivity contribution in [3.8, 4) is 0 Å². The molecule has 0 saturated heterocycles. The Morgan fingerprint density at radius 2 is 0.479 bits per heavy atom. The number of hydrogen-bond donors (Lipinski definition) is 0. The largest absolute Gasteiger partial charge is 0.0654 e. The molecule has 71 heavy (non-hydrogen) atoms. The summed E-state index contributed by atoms with van der Waals surface area (Å²) in [5, 5.41) is 0. The van der Waals surface area contributed by atoms with Gasteiger partial charge in [-0.3, -0.25) is 0 Å². The quantitative estimate of drug-likeness (QED) is 0.153. The van der Waals surface area contributed by atoms with Gasteiger partial charge in [-0.2, -0.15) is 0 Å². The van der Waals surface area contributed by atoms with Crippen LogP contribution in [0, 0.1) is 85.2 Å². The lowest BCUT2D eigenvalue weighted by Gasteiger charge is -2.34. The van der Waals surface area contributed by atoms with Gasteiger partial charge in [0.25, 0.3) is 0 Å². The molecule has 0 radical (unpaired) electrons. The van der Waals surface area contributed by atoms with Crippen molar-refractivity contribution in [1.29, 1.82) is 0 Å². The Morgan fingerprint density at radius 3 is 0.493 bits per heavy atom. The van der Waals surface area contributed by atoms with Gasteiger partial charge in [-0.25, -0.2) is 0 Å². The number of hydrogen-bond acceptors (Lipinski definition) is 0. The van der Waals surface area contributed by atoms with Crippen molar-refractivity contribution in [3.05, 3.63) is 0 Å². The molecule has 446 valence electrons. The van der Waals surface area contributed by atoms with E-state index in [1.165, 1.54) is 89.9 Å². The third kappa shape index (κ3) is 93.0. The molecular weight excluding hydrogens is 853 g/mol. The average molecular weight is 1020 g/mol. The molecule has 0 heterocycles. The molecule has 0 saturated carbocycles. The predicted molar refractivity (Wildman–Crippen MR) is 348 cm³/mol. The van der Waals surface area contributed by atoms with Gasteiger partial charge in [0.1, 0.15) is 0 Å². The van der Waals surface area contributed by atoms with E-state index in [2.05, 4.69) is 291 Å². The Labute approximate surface area is 463 Å². The lowest BCUT2D eigenvalue weighted by Crippen LogP contribution is -2.25. The molecule has 0 spiro atoms. The van der Waals surface area contributed by atoms with E-state index in [-0.39, 0.29) is 0 Å². The molecule has 0 aliphatic carbocycles.